The number of benzene rings is 1. The van der Waals surface area contributed by atoms with Crippen LogP contribution < -0.4 is 16.0 Å². The van der Waals surface area contributed by atoms with Gasteiger partial charge in [0.15, 0.2) is 0 Å². The molecule has 0 fully saturated rings. The number of anilines is 1. The predicted molar refractivity (Wildman–Crippen MR) is 72.8 cm³/mol. The molecular weight excluding hydrogens is 273 g/mol. The van der Waals surface area contributed by atoms with E-state index in [4.69, 9.17) is 33.8 Å². The largest absolute Gasteiger partial charge is 0.486 e. The molecule has 2 aromatic rings. The van der Waals surface area contributed by atoms with Gasteiger partial charge < -0.3 is 10.2 Å². The number of pyridine rings is 1. The van der Waals surface area contributed by atoms with Crippen LogP contribution in [-0.4, -0.2) is 4.98 Å². The zero-order valence-corrected chi connectivity index (χ0v) is 10.9. The molecule has 0 radical (unpaired) electrons. The van der Waals surface area contributed by atoms with Gasteiger partial charge in [0.25, 0.3) is 0 Å². The fraction of sp³-hybridized carbons (Fsp3) is 0.0833. The lowest BCUT2D eigenvalue weighted by atomic mass is 10.3. The summed E-state index contributed by atoms with van der Waals surface area (Å²) in [6, 6.07) is 10.6. The molecule has 1 aromatic heterocycles. The first-order valence-electron chi connectivity index (χ1n) is 5.20. The number of para-hydroxylation sites is 1. The van der Waals surface area contributed by atoms with Crippen LogP contribution in [0.2, 0.25) is 10.0 Å². The number of hydrazine groups is 1. The molecule has 0 aliphatic carbocycles. The lowest BCUT2D eigenvalue weighted by Crippen LogP contribution is -2.10. The fourth-order valence-electron chi connectivity index (χ4n) is 1.37. The van der Waals surface area contributed by atoms with Gasteiger partial charge in [0.1, 0.15) is 18.2 Å². The third kappa shape index (κ3) is 3.04. The van der Waals surface area contributed by atoms with Gasteiger partial charge >= 0.3 is 0 Å². The first kappa shape index (κ1) is 13.0. The van der Waals surface area contributed by atoms with E-state index in [9.17, 15) is 0 Å². The number of ether oxygens (including phenoxy) is 1. The summed E-state index contributed by atoms with van der Waals surface area (Å²) in [4.78, 5) is 4.20. The predicted octanol–water partition coefficient (Wildman–Crippen LogP) is 3.25. The van der Waals surface area contributed by atoms with Gasteiger partial charge in [-0.2, -0.15) is 0 Å². The lowest BCUT2D eigenvalue weighted by molar-refractivity contribution is 0.302. The summed E-state index contributed by atoms with van der Waals surface area (Å²) in [5, 5.41) is 1.06. The maximum atomic E-state index is 6.02. The summed E-state index contributed by atoms with van der Waals surface area (Å²) in [6.45, 7) is 0.220. The van der Waals surface area contributed by atoms with Crippen molar-refractivity contribution in [1.82, 2.24) is 4.98 Å². The summed E-state index contributed by atoms with van der Waals surface area (Å²) < 4.78 is 5.56. The lowest BCUT2D eigenvalue weighted by Gasteiger charge is -2.09. The number of nitrogens with zero attached hydrogens (tertiary/aromatic N) is 1. The molecule has 0 bridgehead atoms. The Morgan fingerprint density at radius 3 is 2.61 bits per heavy atom. The van der Waals surface area contributed by atoms with E-state index in [1.807, 2.05) is 12.1 Å². The molecule has 94 valence electrons. The molecule has 0 spiro atoms. The Morgan fingerprint density at radius 2 is 1.89 bits per heavy atom. The Hall–Kier alpha value is -1.49. The molecule has 0 unspecified atom stereocenters. The van der Waals surface area contributed by atoms with Gasteiger partial charge in [-0.15, -0.1) is 0 Å². The monoisotopic (exact) mass is 283 g/mol. The molecule has 2 rings (SSSR count). The molecule has 0 aliphatic heterocycles. The van der Waals surface area contributed by atoms with Gasteiger partial charge in [0.05, 0.1) is 15.7 Å². The quantitative estimate of drug-likeness (QED) is 0.668. The Kier molecular flexibility index (Phi) is 4.25. The van der Waals surface area contributed by atoms with E-state index in [1.54, 1.807) is 24.3 Å². The molecule has 3 N–H and O–H groups in total. The average Bonchev–Trinajstić information content (AvgIpc) is 2.39. The maximum absolute atomic E-state index is 6.02. The van der Waals surface area contributed by atoms with E-state index < -0.39 is 0 Å². The fourth-order valence-corrected chi connectivity index (χ4v) is 1.72. The van der Waals surface area contributed by atoms with Gasteiger partial charge in [-0.25, -0.2) is 10.8 Å². The molecule has 6 heteroatoms. The summed E-state index contributed by atoms with van der Waals surface area (Å²) >= 11 is 12.0. The maximum Gasteiger partial charge on any atom is 0.140 e. The average molecular weight is 284 g/mol. The van der Waals surface area contributed by atoms with Crippen molar-refractivity contribution >= 4 is 29.0 Å². The summed E-state index contributed by atoms with van der Waals surface area (Å²) in [6.07, 6.45) is 0. The third-order valence-electron chi connectivity index (χ3n) is 2.27. The molecular formula is C12H11Cl2N3O. The smallest absolute Gasteiger partial charge is 0.140 e. The number of halogens is 2. The van der Waals surface area contributed by atoms with E-state index in [-0.39, 0.29) is 6.61 Å². The Balaban J connectivity index is 2.13. The minimum Gasteiger partial charge on any atom is -0.486 e. The minimum absolute atomic E-state index is 0.220. The van der Waals surface area contributed by atoms with Gasteiger partial charge in [0, 0.05) is 0 Å². The van der Waals surface area contributed by atoms with Crippen molar-refractivity contribution in [3.8, 4) is 5.75 Å². The molecule has 0 amide bonds. The van der Waals surface area contributed by atoms with Crippen molar-refractivity contribution in [3.05, 3.63) is 52.1 Å². The van der Waals surface area contributed by atoms with Gasteiger partial charge in [-0.3, -0.25) is 0 Å². The highest BCUT2D eigenvalue weighted by atomic mass is 35.5. The molecule has 0 aliphatic rings. The standard InChI is InChI=1S/C12H11Cl2N3O/c13-8-5-6-12(17-15)16-10(8)7-18-11-4-2-1-3-9(11)14/h1-6H,7,15H2,(H,16,17). The zero-order chi connectivity index (χ0) is 13.0. The third-order valence-corrected chi connectivity index (χ3v) is 2.92. The Morgan fingerprint density at radius 1 is 1.11 bits per heavy atom. The number of hydrogen-bond acceptors (Lipinski definition) is 4. The minimum atomic E-state index is 0.220. The number of nitrogens with one attached hydrogen (secondary N) is 1. The van der Waals surface area contributed by atoms with Crippen molar-refractivity contribution in [3.63, 3.8) is 0 Å². The second-order valence-electron chi connectivity index (χ2n) is 3.49. The summed E-state index contributed by atoms with van der Waals surface area (Å²) in [5.41, 5.74) is 3.04. The number of aromatic nitrogens is 1. The van der Waals surface area contributed by atoms with Crippen LogP contribution in [0, 0.1) is 0 Å². The Bertz CT molecular complexity index is 549. The van der Waals surface area contributed by atoms with Crippen LogP contribution in [0.15, 0.2) is 36.4 Å². The number of rotatable bonds is 4. The molecule has 4 nitrogen and oxygen atoms in total. The summed E-state index contributed by atoms with van der Waals surface area (Å²) in [5.74, 6) is 6.39. The second kappa shape index (κ2) is 5.91. The van der Waals surface area contributed by atoms with Gasteiger partial charge in [0.2, 0.25) is 0 Å². The first-order chi connectivity index (χ1) is 8.70. The van der Waals surface area contributed by atoms with E-state index in [2.05, 4.69) is 10.4 Å². The van der Waals surface area contributed by atoms with Crippen LogP contribution in [0.4, 0.5) is 5.82 Å². The SMILES string of the molecule is NNc1ccc(Cl)c(COc2ccccc2Cl)n1. The Labute approximate surface area is 115 Å². The van der Waals surface area contributed by atoms with Crippen molar-refractivity contribution in [2.75, 3.05) is 5.43 Å². The molecule has 1 heterocycles. The number of nitrogen functional groups attached to an aromatic ring is 1. The second-order valence-corrected chi connectivity index (χ2v) is 4.30. The molecule has 0 atom stereocenters. The van der Waals surface area contributed by atoms with Crippen LogP contribution in [0.3, 0.4) is 0 Å². The molecule has 18 heavy (non-hydrogen) atoms. The zero-order valence-electron chi connectivity index (χ0n) is 9.36. The van der Waals surface area contributed by atoms with E-state index in [0.717, 1.165) is 0 Å². The highest BCUT2D eigenvalue weighted by Crippen LogP contribution is 2.25. The van der Waals surface area contributed by atoms with Crippen molar-refractivity contribution in [2.45, 2.75) is 6.61 Å². The van der Waals surface area contributed by atoms with E-state index >= 15 is 0 Å². The van der Waals surface area contributed by atoms with Crippen molar-refractivity contribution in [1.29, 1.82) is 0 Å². The molecule has 1 aromatic carbocycles. The number of nitrogens with two attached hydrogens (primary N) is 1. The molecule has 0 saturated heterocycles. The van der Waals surface area contributed by atoms with Gasteiger partial charge in [-0.05, 0) is 24.3 Å². The van der Waals surface area contributed by atoms with Crippen molar-refractivity contribution in [2.24, 2.45) is 5.84 Å². The molecule has 0 saturated carbocycles. The normalized spacial score (nSPS) is 10.2. The topological polar surface area (TPSA) is 60.2 Å². The van der Waals surface area contributed by atoms with Crippen LogP contribution in [0.1, 0.15) is 5.69 Å². The highest BCUT2D eigenvalue weighted by Gasteiger charge is 2.06. The van der Waals surface area contributed by atoms with E-state index in [0.29, 0.717) is 27.3 Å². The van der Waals surface area contributed by atoms with Crippen LogP contribution in [-0.2, 0) is 6.61 Å². The van der Waals surface area contributed by atoms with Crippen LogP contribution in [0.5, 0.6) is 5.75 Å². The van der Waals surface area contributed by atoms with Crippen LogP contribution in [0.25, 0.3) is 0 Å². The summed E-state index contributed by atoms with van der Waals surface area (Å²) in [7, 11) is 0. The van der Waals surface area contributed by atoms with Crippen molar-refractivity contribution < 1.29 is 4.74 Å². The first-order valence-corrected chi connectivity index (χ1v) is 5.95. The van der Waals surface area contributed by atoms with E-state index in [1.165, 1.54) is 0 Å². The highest BCUT2D eigenvalue weighted by molar-refractivity contribution is 6.32. The van der Waals surface area contributed by atoms with Gasteiger partial charge in [-0.1, -0.05) is 35.3 Å². The van der Waals surface area contributed by atoms with Crippen LogP contribution >= 0.6 is 23.2 Å². The number of hydrogen-bond donors (Lipinski definition) is 2.